The molecule has 1 aliphatic rings. The molecule has 1 rings (SSSR count). The molecule has 5 nitrogen and oxygen atoms in total. The van der Waals surface area contributed by atoms with Crippen molar-refractivity contribution in [3.8, 4) is 0 Å². The molecule has 0 saturated carbocycles. The number of aliphatic hydroxyl groups excluding tert-OH is 1. The Morgan fingerprint density at radius 2 is 1.63 bits per heavy atom. The lowest BCUT2D eigenvalue weighted by atomic mass is 9.84. The van der Waals surface area contributed by atoms with Gasteiger partial charge in [-0.3, -0.25) is 0 Å². The molecule has 114 valence electrons. The van der Waals surface area contributed by atoms with Gasteiger partial charge in [0.2, 0.25) is 0 Å². The fourth-order valence-corrected chi connectivity index (χ4v) is 3.81. The molecule has 0 atom stereocenters. The molecule has 0 aromatic heterocycles. The van der Waals surface area contributed by atoms with Crippen LogP contribution in [0.25, 0.3) is 0 Å². The maximum Gasteiger partial charge on any atom is 0.279 e. The van der Waals surface area contributed by atoms with E-state index < -0.39 is 10.2 Å². The number of rotatable bonds is 7. The largest absolute Gasteiger partial charge is 0.396 e. The predicted octanol–water partition coefficient (Wildman–Crippen LogP) is 1.50. The Labute approximate surface area is 117 Å². The van der Waals surface area contributed by atoms with E-state index in [1.807, 2.05) is 13.8 Å². The summed E-state index contributed by atoms with van der Waals surface area (Å²) < 4.78 is 28.8. The Morgan fingerprint density at radius 3 is 2.05 bits per heavy atom. The van der Waals surface area contributed by atoms with Crippen LogP contribution in [0.1, 0.15) is 52.4 Å². The van der Waals surface area contributed by atoms with Crippen molar-refractivity contribution in [1.82, 2.24) is 9.03 Å². The molecule has 0 unspecified atom stereocenters. The van der Waals surface area contributed by atoms with Crippen LogP contribution in [-0.4, -0.2) is 44.1 Å². The number of nitrogens with zero attached hydrogens (tertiary/aromatic N) is 1. The summed E-state index contributed by atoms with van der Waals surface area (Å²) in [6, 6.07) is 0. The van der Waals surface area contributed by atoms with Crippen molar-refractivity contribution >= 4 is 10.2 Å². The smallest absolute Gasteiger partial charge is 0.279 e. The molecule has 1 saturated heterocycles. The summed E-state index contributed by atoms with van der Waals surface area (Å²) in [6.45, 7) is 5.52. The van der Waals surface area contributed by atoms with Crippen molar-refractivity contribution in [3.63, 3.8) is 0 Å². The third-order valence-corrected chi connectivity index (χ3v) is 5.92. The highest BCUT2D eigenvalue weighted by Gasteiger charge is 2.29. The number of hydrogen-bond acceptors (Lipinski definition) is 3. The molecule has 1 aliphatic heterocycles. The van der Waals surface area contributed by atoms with E-state index >= 15 is 0 Å². The van der Waals surface area contributed by atoms with E-state index in [4.69, 9.17) is 0 Å². The molecule has 0 aliphatic carbocycles. The lowest BCUT2D eigenvalue weighted by molar-refractivity contribution is 0.118. The molecular weight excluding hydrogens is 264 g/mol. The van der Waals surface area contributed by atoms with Gasteiger partial charge in [0, 0.05) is 31.7 Å². The zero-order valence-electron chi connectivity index (χ0n) is 12.2. The quantitative estimate of drug-likeness (QED) is 0.747. The predicted molar refractivity (Wildman–Crippen MR) is 77.1 cm³/mol. The molecule has 0 radical (unpaired) electrons. The first kappa shape index (κ1) is 16.9. The molecule has 0 spiro atoms. The van der Waals surface area contributed by atoms with E-state index in [1.165, 1.54) is 0 Å². The van der Waals surface area contributed by atoms with Gasteiger partial charge in [-0.15, -0.1) is 0 Å². The van der Waals surface area contributed by atoms with Crippen LogP contribution in [0.15, 0.2) is 0 Å². The van der Waals surface area contributed by atoms with Crippen molar-refractivity contribution in [1.29, 1.82) is 0 Å². The summed E-state index contributed by atoms with van der Waals surface area (Å²) in [6.07, 6.45) is 5.62. The highest BCUT2D eigenvalue weighted by atomic mass is 32.2. The minimum absolute atomic E-state index is 0.0164. The molecule has 1 heterocycles. The molecule has 0 aromatic rings. The second-order valence-electron chi connectivity index (χ2n) is 5.50. The van der Waals surface area contributed by atoms with Gasteiger partial charge in [0.25, 0.3) is 10.2 Å². The van der Waals surface area contributed by atoms with Gasteiger partial charge in [0.15, 0.2) is 0 Å². The average Bonchev–Trinajstić information content (AvgIpc) is 2.70. The molecule has 0 aromatic carbocycles. The van der Waals surface area contributed by atoms with Gasteiger partial charge in [-0.2, -0.15) is 12.7 Å². The van der Waals surface area contributed by atoms with Gasteiger partial charge in [-0.25, -0.2) is 4.72 Å². The Balaban J connectivity index is 2.63. The normalized spacial score (nSPS) is 19.3. The Morgan fingerprint density at radius 1 is 1.11 bits per heavy atom. The maximum atomic E-state index is 12.3. The van der Waals surface area contributed by atoms with Crippen LogP contribution in [0.5, 0.6) is 0 Å². The number of aliphatic hydroxyl groups is 1. The lowest BCUT2D eigenvalue weighted by Gasteiger charge is -2.31. The zero-order chi connectivity index (χ0) is 14.4. The molecule has 1 fully saturated rings. The van der Waals surface area contributed by atoms with Gasteiger partial charge in [0.1, 0.15) is 0 Å². The van der Waals surface area contributed by atoms with E-state index in [0.717, 1.165) is 38.5 Å². The average molecular weight is 292 g/mol. The first-order valence-corrected chi connectivity index (χ1v) is 8.79. The van der Waals surface area contributed by atoms with Crippen LogP contribution in [0.3, 0.4) is 0 Å². The third kappa shape index (κ3) is 4.70. The van der Waals surface area contributed by atoms with Crippen LogP contribution in [0.4, 0.5) is 0 Å². The van der Waals surface area contributed by atoms with E-state index in [2.05, 4.69) is 4.72 Å². The van der Waals surface area contributed by atoms with Crippen LogP contribution >= 0.6 is 0 Å². The molecule has 0 bridgehead atoms. The lowest BCUT2D eigenvalue weighted by Crippen LogP contribution is -2.46. The number of hydrogen-bond donors (Lipinski definition) is 2. The van der Waals surface area contributed by atoms with Gasteiger partial charge in [-0.05, 0) is 25.7 Å². The Bertz CT molecular complexity index is 337. The first-order chi connectivity index (χ1) is 8.99. The molecule has 6 heteroatoms. The van der Waals surface area contributed by atoms with E-state index in [1.54, 1.807) is 4.31 Å². The summed E-state index contributed by atoms with van der Waals surface area (Å²) in [5.74, 6) is 0. The standard InChI is InChI=1S/C13H28N2O3S/c1-3-13(4-2,12-16)11-14-19(17,18)15-9-7-5-6-8-10-15/h14,16H,3-12H2,1-2H3. The van der Waals surface area contributed by atoms with Crippen LogP contribution in [0.2, 0.25) is 0 Å². The molecular formula is C13H28N2O3S. The highest BCUT2D eigenvalue weighted by molar-refractivity contribution is 7.87. The van der Waals surface area contributed by atoms with E-state index in [0.29, 0.717) is 19.6 Å². The first-order valence-electron chi connectivity index (χ1n) is 7.35. The van der Waals surface area contributed by atoms with Crippen molar-refractivity contribution in [2.45, 2.75) is 52.4 Å². The minimum atomic E-state index is -3.40. The fraction of sp³-hybridized carbons (Fsp3) is 1.00. The summed E-state index contributed by atoms with van der Waals surface area (Å²) in [4.78, 5) is 0. The summed E-state index contributed by atoms with van der Waals surface area (Å²) in [5, 5.41) is 9.48. The SMILES string of the molecule is CCC(CC)(CO)CNS(=O)(=O)N1CCCCCC1. The summed E-state index contributed by atoms with van der Waals surface area (Å²) >= 11 is 0. The summed E-state index contributed by atoms with van der Waals surface area (Å²) in [5.41, 5.74) is -0.334. The minimum Gasteiger partial charge on any atom is -0.396 e. The molecule has 0 amide bonds. The van der Waals surface area contributed by atoms with E-state index in [-0.39, 0.29) is 12.0 Å². The van der Waals surface area contributed by atoms with Gasteiger partial charge >= 0.3 is 0 Å². The van der Waals surface area contributed by atoms with Crippen molar-refractivity contribution in [2.24, 2.45) is 5.41 Å². The summed E-state index contributed by atoms with van der Waals surface area (Å²) in [7, 11) is -3.40. The van der Waals surface area contributed by atoms with Crippen molar-refractivity contribution in [3.05, 3.63) is 0 Å². The van der Waals surface area contributed by atoms with Gasteiger partial charge in [-0.1, -0.05) is 26.7 Å². The second kappa shape index (κ2) is 7.57. The van der Waals surface area contributed by atoms with Crippen LogP contribution < -0.4 is 4.72 Å². The van der Waals surface area contributed by atoms with Crippen molar-refractivity contribution in [2.75, 3.05) is 26.2 Å². The third-order valence-electron chi connectivity index (χ3n) is 4.37. The zero-order valence-corrected chi connectivity index (χ0v) is 13.0. The van der Waals surface area contributed by atoms with Crippen molar-refractivity contribution < 1.29 is 13.5 Å². The second-order valence-corrected chi connectivity index (χ2v) is 7.26. The highest BCUT2D eigenvalue weighted by Crippen LogP contribution is 2.25. The topological polar surface area (TPSA) is 69.6 Å². The van der Waals surface area contributed by atoms with Gasteiger partial charge < -0.3 is 5.11 Å². The maximum absolute atomic E-state index is 12.3. The Hall–Kier alpha value is -0.170. The monoisotopic (exact) mass is 292 g/mol. The molecule has 2 N–H and O–H groups in total. The molecule has 19 heavy (non-hydrogen) atoms. The van der Waals surface area contributed by atoms with E-state index in [9.17, 15) is 13.5 Å². The number of nitrogens with one attached hydrogen (secondary N) is 1. The fourth-order valence-electron chi connectivity index (χ4n) is 2.40. The van der Waals surface area contributed by atoms with Crippen LogP contribution in [0, 0.1) is 5.41 Å². The van der Waals surface area contributed by atoms with Gasteiger partial charge in [0.05, 0.1) is 0 Å². The Kier molecular flexibility index (Phi) is 6.73. The van der Waals surface area contributed by atoms with Crippen LogP contribution in [-0.2, 0) is 10.2 Å².